The highest BCUT2D eigenvalue weighted by Crippen LogP contribution is 2.38. The van der Waals surface area contributed by atoms with Gasteiger partial charge in [-0.05, 0) is 48.0 Å². The zero-order valence-electron chi connectivity index (χ0n) is 18.3. The Balaban J connectivity index is 1.54. The maximum Gasteiger partial charge on any atom is 0.270 e. The number of anilines is 1. The minimum absolute atomic E-state index is 0.0767. The van der Waals surface area contributed by atoms with Crippen molar-refractivity contribution in [3.63, 3.8) is 0 Å². The van der Waals surface area contributed by atoms with E-state index < -0.39 is 37.3 Å². The zero-order chi connectivity index (χ0) is 25.3. The summed E-state index contributed by atoms with van der Waals surface area (Å²) < 4.78 is 16.8. The first-order valence-electron chi connectivity index (χ1n) is 10.5. The van der Waals surface area contributed by atoms with Gasteiger partial charge in [0.2, 0.25) is 6.29 Å². The van der Waals surface area contributed by atoms with Crippen molar-refractivity contribution < 1.29 is 44.5 Å². The number of aliphatic hydroxyl groups is 4. The van der Waals surface area contributed by atoms with Gasteiger partial charge in [-0.2, -0.15) is 0 Å². The molecule has 0 aliphatic carbocycles. The molecule has 2 saturated heterocycles. The Kier molecular flexibility index (Phi) is 7.62. The average Bonchev–Trinajstić information content (AvgIpc) is 3.13. The third kappa shape index (κ3) is 5.14. The number of methoxy groups -OCH3 is 1. The molecule has 0 radical (unpaired) electrons. The van der Waals surface area contributed by atoms with Crippen molar-refractivity contribution in [3.8, 4) is 17.2 Å². The second-order valence-corrected chi connectivity index (χ2v) is 9.43. The van der Waals surface area contributed by atoms with E-state index in [2.05, 4.69) is 0 Å². The van der Waals surface area contributed by atoms with Gasteiger partial charge in [0.25, 0.3) is 5.91 Å². The lowest BCUT2D eigenvalue weighted by molar-refractivity contribution is -0.277. The molecule has 0 unspecified atom stereocenters. The Morgan fingerprint density at radius 1 is 1.09 bits per heavy atom. The van der Waals surface area contributed by atoms with Crippen LogP contribution in [0.15, 0.2) is 47.4 Å². The summed E-state index contributed by atoms with van der Waals surface area (Å²) in [5.41, 5.74) is 1.14. The predicted molar refractivity (Wildman–Crippen MR) is 131 cm³/mol. The van der Waals surface area contributed by atoms with Gasteiger partial charge in [0, 0.05) is 0 Å². The molecule has 2 fully saturated rings. The van der Waals surface area contributed by atoms with Crippen LogP contribution in [0.5, 0.6) is 17.2 Å². The van der Waals surface area contributed by atoms with Gasteiger partial charge < -0.3 is 39.7 Å². The normalized spacial score (nSPS) is 28.0. The molecule has 2 aliphatic heterocycles. The van der Waals surface area contributed by atoms with E-state index in [1.165, 1.54) is 30.2 Å². The second-order valence-electron chi connectivity index (χ2n) is 7.76. The number of benzene rings is 2. The molecular formula is C23H23NO9S2. The predicted octanol–water partition coefficient (Wildman–Crippen LogP) is 0.985. The minimum Gasteiger partial charge on any atom is -0.508 e. The standard InChI is InChI=1S/C23H23NO9S2/c1-31-15-8-11(2-7-14(15)32-22-20(29)19(28)18(27)16(10-25)33-22)9-17-21(30)24(23(34)35-17)12-3-5-13(26)6-4-12/h2-9,16,18-20,22,25-29H,10H2,1H3/t16-,18+,19+,20-,22-/m1/s1. The number of aromatic hydroxyl groups is 1. The molecule has 0 saturated carbocycles. The Bertz CT molecular complexity index is 1140. The number of hydrogen-bond acceptors (Lipinski definition) is 11. The molecular weight excluding hydrogens is 498 g/mol. The fourth-order valence-corrected chi connectivity index (χ4v) is 4.90. The number of carbonyl (C=O) groups excluding carboxylic acids is 1. The number of thioether (sulfide) groups is 1. The van der Waals surface area contributed by atoms with E-state index in [9.17, 15) is 30.3 Å². The summed E-state index contributed by atoms with van der Waals surface area (Å²) in [5, 5.41) is 48.9. The van der Waals surface area contributed by atoms with Gasteiger partial charge in [-0.3, -0.25) is 9.69 Å². The van der Waals surface area contributed by atoms with Crippen LogP contribution in [0.1, 0.15) is 5.56 Å². The van der Waals surface area contributed by atoms with Gasteiger partial charge >= 0.3 is 0 Å². The van der Waals surface area contributed by atoms with Crippen LogP contribution in [0.25, 0.3) is 6.08 Å². The number of thiocarbonyl (C=S) groups is 1. The molecule has 1 amide bonds. The van der Waals surface area contributed by atoms with Crippen molar-refractivity contribution in [3.05, 3.63) is 52.9 Å². The summed E-state index contributed by atoms with van der Waals surface area (Å²) in [4.78, 5) is 14.7. The number of carbonyl (C=O) groups is 1. The first kappa shape index (κ1) is 25.4. The quantitative estimate of drug-likeness (QED) is 0.274. The van der Waals surface area contributed by atoms with E-state index >= 15 is 0 Å². The first-order chi connectivity index (χ1) is 16.7. The lowest BCUT2D eigenvalue weighted by Gasteiger charge is -2.39. The smallest absolute Gasteiger partial charge is 0.270 e. The van der Waals surface area contributed by atoms with Gasteiger partial charge in [0.05, 0.1) is 24.3 Å². The van der Waals surface area contributed by atoms with E-state index in [1.807, 2.05) is 0 Å². The molecule has 10 nitrogen and oxygen atoms in total. The van der Waals surface area contributed by atoms with Crippen LogP contribution in [-0.2, 0) is 9.53 Å². The van der Waals surface area contributed by atoms with E-state index in [1.54, 1.807) is 30.3 Å². The molecule has 35 heavy (non-hydrogen) atoms. The molecule has 2 aliphatic rings. The molecule has 2 aromatic carbocycles. The van der Waals surface area contributed by atoms with Gasteiger partial charge in [0.1, 0.15) is 30.2 Å². The molecule has 2 heterocycles. The number of amides is 1. The highest BCUT2D eigenvalue weighted by molar-refractivity contribution is 8.27. The number of phenols is 1. The number of rotatable bonds is 6. The Labute approximate surface area is 210 Å². The first-order valence-corrected chi connectivity index (χ1v) is 11.7. The fraction of sp³-hybridized carbons (Fsp3) is 0.304. The van der Waals surface area contributed by atoms with Gasteiger partial charge in [-0.1, -0.05) is 30.0 Å². The molecule has 2 aromatic rings. The largest absolute Gasteiger partial charge is 0.508 e. The summed E-state index contributed by atoms with van der Waals surface area (Å²) in [6.07, 6.45) is -5.49. The lowest BCUT2D eigenvalue weighted by Crippen LogP contribution is -2.60. The molecule has 186 valence electrons. The Morgan fingerprint density at radius 2 is 1.80 bits per heavy atom. The summed E-state index contributed by atoms with van der Waals surface area (Å²) in [6.45, 7) is -0.580. The van der Waals surface area contributed by atoms with E-state index in [0.717, 1.165) is 11.8 Å². The Hall–Kier alpha value is -2.71. The monoisotopic (exact) mass is 521 g/mol. The van der Waals surface area contributed by atoms with Crippen LogP contribution in [0, 0.1) is 0 Å². The third-order valence-corrected chi connectivity index (χ3v) is 6.78. The number of nitrogens with zero attached hydrogens (tertiary/aromatic N) is 1. The number of hydrogen-bond donors (Lipinski definition) is 5. The molecule has 5 atom stereocenters. The molecule has 0 aromatic heterocycles. The van der Waals surface area contributed by atoms with Crippen LogP contribution in [0.3, 0.4) is 0 Å². The van der Waals surface area contributed by atoms with Crippen LogP contribution in [0.2, 0.25) is 0 Å². The molecule has 4 rings (SSSR count). The van der Waals surface area contributed by atoms with Crippen molar-refractivity contribution in [1.29, 1.82) is 0 Å². The number of aliphatic hydroxyl groups excluding tert-OH is 4. The van der Waals surface area contributed by atoms with E-state index in [4.69, 9.17) is 26.4 Å². The fourth-order valence-electron chi connectivity index (χ4n) is 3.60. The Morgan fingerprint density at radius 3 is 2.46 bits per heavy atom. The highest BCUT2D eigenvalue weighted by Gasteiger charge is 2.45. The van der Waals surface area contributed by atoms with Gasteiger partial charge in [-0.25, -0.2) is 0 Å². The maximum atomic E-state index is 13.0. The van der Waals surface area contributed by atoms with Crippen molar-refractivity contribution in [2.75, 3.05) is 18.6 Å². The number of phenolic OH excluding ortho intramolecular Hbond substituents is 1. The van der Waals surface area contributed by atoms with Crippen LogP contribution in [-0.4, -0.2) is 80.2 Å². The van der Waals surface area contributed by atoms with Gasteiger partial charge in [0.15, 0.2) is 15.8 Å². The zero-order valence-corrected chi connectivity index (χ0v) is 20.0. The third-order valence-electron chi connectivity index (χ3n) is 5.48. The van der Waals surface area contributed by atoms with Crippen LogP contribution < -0.4 is 14.4 Å². The van der Waals surface area contributed by atoms with E-state index in [-0.39, 0.29) is 23.2 Å². The van der Waals surface area contributed by atoms with Crippen LogP contribution in [0.4, 0.5) is 5.69 Å². The van der Waals surface area contributed by atoms with Crippen molar-refractivity contribution >= 4 is 46.0 Å². The molecule has 0 bridgehead atoms. The summed E-state index contributed by atoms with van der Waals surface area (Å²) >= 11 is 6.49. The van der Waals surface area contributed by atoms with Crippen molar-refractivity contribution in [1.82, 2.24) is 0 Å². The second kappa shape index (κ2) is 10.5. The number of ether oxygens (including phenoxy) is 3. The lowest BCUT2D eigenvalue weighted by atomic mass is 9.99. The minimum atomic E-state index is -1.58. The molecule has 0 spiro atoms. The molecule has 12 heteroatoms. The van der Waals surface area contributed by atoms with Crippen LogP contribution >= 0.6 is 24.0 Å². The summed E-state index contributed by atoms with van der Waals surface area (Å²) in [7, 11) is 1.41. The SMILES string of the molecule is COc1cc(C=C2SC(=S)N(c3ccc(O)cc3)C2=O)ccc1O[C@@H]1O[C@H](CO)[C@H](O)[C@H](O)[C@H]1O. The van der Waals surface area contributed by atoms with Crippen molar-refractivity contribution in [2.24, 2.45) is 0 Å². The van der Waals surface area contributed by atoms with Gasteiger partial charge in [-0.15, -0.1) is 0 Å². The summed E-state index contributed by atoms with van der Waals surface area (Å²) in [5.74, 6) is 0.189. The molecule has 5 N–H and O–H groups in total. The highest BCUT2D eigenvalue weighted by atomic mass is 32.2. The van der Waals surface area contributed by atoms with Crippen molar-refractivity contribution in [2.45, 2.75) is 30.7 Å². The summed E-state index contributed by atoms with van der Waals surface area (Å²) in [6, 6.07) is 10.9. The van der Waals surface area contributed by atoms with E-state index in [0.29, 0.717) is 20.5 Å². The average molecular weight is 522 g/mol. The maximum absolute atomic E-state index is 13.0. The topological polar surface area (TPSA) is 149 Å².